The summed E-state index contributed by atoms with van der Waals surface area (Å²) in [6, 6.07) is 11.6. The molecule has 176 valence electrons. The summed E-state index contributed by atoms with van der Waals surface area (Å²) < 4.78 is 5.43. The molecule has 0 saturated carbocycles. The van der Waals surface area contributed by atoms with Crippen molar-refractivity contribution in [1.29, 1.82) is 0 Å². The third-order valence-electron chi connectivity index (χ3n) is 5.85. The largest absolute Gasteiger partial charge is 0.497 e. The lowest BCUT2D eigenvalue weighted by atomic mass is 10.1. The van der Waals surface area contributed by atoms with E-state index in [1.165, 1.54) is 26.1 Å². The first-order chi connectivity index (χ1) is 15.9. The van der Waals surface area contributed by atoms with Gasteiger partial charge in [0.05, 0.1) is 32.3 Å². The summed E-state index contributed by atoms with van der Waals surface area (Å²) in [7, 11) is 1.67. The first kappa shape index (κ1) is 25.3. The molecule has 33 heavy (non-hydrogen) atoms. The molecule has 0 amide bonds. The van der Waals surface area contributed by atoms with E-state index in [9.17, 15) is 0 Å². The van der Waals surface area contributed by atoms with Crippen molar-refractivity contribution in [2.24, 2.45) is 0 Å². The highest BCUT2D eigenvalue weighted by Gasteiger charge is 2.12. The zero-order valence-electron chi connectivity index (χ0n) is 19.8. The van der Waals surface area contributed by atoms with Crippen molar-refractivity contribution in [3.05, 3.63) is 57.8 Å². The summed E-state index contributed by atoms with van der Waals surface area (Å²) >= 11 is 12.3. The fourth-order valence-electron chi connectivity index (χ4n) is 3.81. The summed E-state index contributed by atoms with van der Waals surface area (Å²) in [5.74, 6) is 2.20. The Hall–Kier alpha value is -2.34. The molecular weight excluding hydrogens is 455 g/mol. The predicted octanol–water partition coefficient (Wildman–Crippen LogP) is 5.62. The quantitative estimate of drug-likeness (QED) is 0.368. The molecule has 3 rings (SSSR count). The van der Waals surface area contributed by atoms with Crippen LogP contribution in [0.4, 0.5) is 5.82 Å². The lowest BCUT2D eigenvalue weighted by Gasteiger charge is -2.19. The van der Waals surface area contributed by atoms with Gasteiger partial charge in [-0.1, -0.05) is 29.3 Å². The molecule has 2 N–H and O–H groups in total. The normalized spacial score (nSPS) is 12.6. The molecule has 0 aliphatic heterocycles. The Bertz CT molecular complexity index is 1100. The van der Waals surface area contributed by atoms with Crippen LogP contribution in [0, 0.1) is 0 Å². The molecule has 0 spiro atoms. The molecule has 0 saturated heterocycles. The maximum Gasteiger partial charge on any atom is 0.154 e. The lowest BCUT2D eigenvalue weighted by Crippen LogP contribution is -3.11. The molecule has 5 nitrogen and oxygen atoms in total. The fraction of sp³-hybridized carbons (Fsp3) is 0.385. The molecule has 1 heterocycles. The maximum absolute atomic E-state index is 6.31. The number of quaternary nitrogens is 1. The van der Waals surface area contributed by atoms with Crippen LogP contribution in [0.2, 0.25) is 10.0 Å². The third kappa shape index (κ3) is 7.07. The van der Waals surface area contributed by atoms with Crippen LogP contribution in [0.5, 0.6) is 5.75 Å². The van der Waals surface area contributed by atoms with Crippen molar-refractivity contribution in [2.75, 3.05) is 32.1 Å². The average Bonchev–Trinajstić information content (AvgIpc) is 2.81. The van der Waals surface area contributed by atoms with Crippen LogP contribution < -0.4 is 15.0 Å². The molecule has 3 aromatic rings. The van der Waals surface area contributed by atoms with Gasteiger partial charge >= 0.3 is 0 Å². The molecule has 0 aliphatic rings. The van der Waals surface area contributed by atoms with E-state index in [0.29, 0.717) is 15.9 Å². The maximum atomic E-state index is 6.31. The zero-order chi connectivity index (χ0) is 23.8. The number of rotatable bonds is 11. The number of ether oxygens (including phenoxy) is 1. The molecule has 1 unspecified atom stereocenters. The van der Waals surface area contributed by atoms with Gasteiger partial charge in [0.25, 0.3) is 0 Å². The minimum absolute atomic E-state index is 0.284. The fourth-order valence-corrected chi connectivity index (χ4v) is 4.28. The topological polar surface area (TPSA) is 51.5 Å². The van der Waals surface area contributed by atoms with Crippen LogP contribution in [0.3, 0.4) is 0 Å². The van der Waals surface area contributed by atoms with Crippen molar-refractivity contribution >= 4 is 52.1 Å². The highest BCUT2D eigenvalue weighted by Crippen LogP contribution is 2.27. The summed E-state index contributed by atoms with van der Waals surface area (Å²) in [6.07, 6.45) is 6.02. The van der Waals surface area contributed by atoms with Crippen molar-refractivity contribution in [3.8, 4) is 5.75 Å². The molecule has 1 aromatic heterocycles. The third-order valence-corrected chi connectivity index (χ3v) is 6.41. The molecule has 0 fully saturated rings. The van der Waals surface area contributed by atoms with E-state index in [2.05, 4.69) is 26.1 Å². The number of fused-ring (bicyclic) bond motifs is 1. The molecule has 2 aromatic carbocycles. The number of nitrogens with zero attached hydrogens (tertiary/aromatic N) is 2. The van der Waals surface area contributed by atoms with Gasteiger partial charge in [0.2, 0.25) is 0 Å². The van der Waals surface area contributed by atoms with Gasteiger partial charge in [-0.05, 0) is 81.7 Å². The van der Waals surface area contributed by atoms with Crippen LogP contribution in [0.15, 0.2) is 36.4 Å². The number of halogens is 2. The van der Waals surface area contributed by atoms with Gasteiger partial charge in [-0.2, -0.15) is 0 Å². The number of aromatic nitrogens is 2. The van der Waals surface area contributed by atoms with Crippen molar-refractivity contribution in [2.45, 2.75) is 39.7 Å². The average molecular weight is 488 g/mol. The van der Waals surface area contributed by atoms with Crippen LogP contribution in [0.25, 0.3) is 23.1 Å². The lowest BCUT2D eigenvalue weighted by molar-refractivity contribution is -0.896. The number of anilines is 1. The van der Waals surface area contributed by atoms with E-state index in [0.717, 1.165) is 34.5 Å². The minimum atomic E-state index is 0.284. The van der Waals surface area contributed by atoms with E-state index in [4.69, 9.17) is 37.9 Å². The minimum Gasteiger partial charge on any atom is -0.497 e. The number of nitrogens with one attached hydrogen (secondary N) is 2. The van der Waals surface area contributed by atoms with E-state index in [1.807, 2.05) is 42.5 Å². The number of hydrogen-bond donors (Lipinski definition) is 2. The van der Waals surface area contributed by atoms with Gasteiger partial charge in [0, 0.05) is 21.5 Å². The second-order valence-electron chi connectivity index (χ2n) is 8.21. The van der Waals surface area contributed by atoms with Gasteiger partial charge in [0.15, 0.2) is 5.82 Å². The summed E-state index contributed by atoms with van der Waals surface area (Å²) in [4.78, 5) is 11.2. The Labute approximate surface area is 206 Å². The van der Waals surface area contributed by atoms with E-state index >= 15 is 0 Å². The second-order valence-corrected chi connectivity index (χ2v) is 9.05. The Morgan fingerprint density at radius 2 is 1.85 bits per heavy atom. The Kier molecular flexibility index (Phi) is 9.36. The highest BCUT2D eigenvalue weighted by atomic mass is 35.5. The molecular formula is C26H33Cl2N4O+. The first-order valence-electron chi connectivity index (χ1n) is 11.5. The van der Waals surface area contributed by atoms with E-state index in [-0.39, 0.29) is 6.04 Å². The van der Waals surface area contributed by atoms with Gasteiger partial charge < -0.3 is 15.0 Å². The van der Waals surface area contributed by atoms with Gasteiger partial charge in [-0.25, -0.2) is 9.97 Å². The van der Waals surface area contributed by atoms with Crippen LogP contribution in [-0.2, 0) is 0 Å². The number of benzene rings is 2. The van der Waals surface area contributed by atoms with Crippen LogP contribution in [0.1, 0.15) is 45.0 Å². The van der Waals surface area contributed by atoms with Gasteiger partial charge in [-0.15, -0.1) is 0 Å². The van der Waals surface area contributed by atoms with E-state index < -0.39 is 0 Å². The Balaban J connectivity index is 1.85. The molecule has 7 heteroatoms. The van der Waals surface area contributed by atoms with Crippen LogP contribution >= 0.6 is 23.2 Å². The molecule has 0 bridgehead atoms. The molecule has 0 aliphatic carbocycles. The highest BCUT2D eigenvalue weighted by molar-refractivity contribution is 6.35. The monoisotopic (exact) mass is 487 g/mol. The SMILES string of the molecule is CC[NH+](CC)CCCC(C)Nc1nc(C=Cc2ccc(Cl)cc2Cl)nc2ccc(OC)cc12. The summed E-state index contributed by atoms with van der Waals surface area (Å²) in [6.45, 7) is 10.2. The standard InChI is InChI=1S/C26H32Cl2N4O/c1-5-32(6-2)15-7-8-18(3)29-26-22-17-21(33-4)12-13-24(22)30-25(31-26)14-10-19-9-11-20(27)16-23(19)28/h9-14,16-18H,5-8,15H2,1-4H3,(H,29,30,31)/p+1. The smallest absolute Gasteiger partial charge is 0.154 e. The zero-order valence-corrected chi connectivity index (χ0v) is 21.3. The van der Waals surface area contributed by atoms with Crippen molar-refractivity contribution < 1.29 is 9.64 Å². The predicted molar refractivity (Wildman–Crippen MR) is 141 cm³/mol. The Morgan fingerprint density at radius 3 is 2.55 bits per heavy atom. The van der Waals surface area contributed by atoms with Crippen molar-refractivity contribution in [3.63, 3.8) is 0 Å². The Morgan fingerprint density at radius 1 is 1.06 bits per heavy atom. The number of hydrogen-bond acceptors (Lipinski definition) is 4. The van der Waals surface area contributed by atoms with Crippen LogP contribution in [-0.4, -0.2) is 42.8 Å². The van der Waals surface area contributed by atoms with E-state index in [1.54, 1.807) is 18.1 Å². The second kappa shape index (κ2) is 12.2. The molecule has 1 atom stereocenters. The summed E-state index contributed by atoms with van der Waals surface area (Å²) in [5, 5.41) is 5.75. The van der Waals surface area contributed by atoms with Gasteiger partial charge in [-0.3, -0.25) is 0 Å². The molecule has 0 radical (unpaired) electrons. The number of methoxy groups -OCH3 is 1. The summed E-state index contributed by atoms with van der Waals surface area (Å²) in [5.41, 5.74) is 1.72. The van der Waals surface area contributed by atoms with Gasteiger partial charge in [0.1, 0.15) is 11.6 Å². The van der Waals surface area contributed by atoms with Crippen molar-refractivity contribution in [1.82, 2.24) is 9.97 Å². The first-order valence-corrected chi connectivity index (χ1v) is 12.3.